The summed E-state index contributed by atoms with van der Waals surface area (Å²) >= 11 is 0. The van der Waals surface area contributed by atoms with Crippen LogP contribution < -0.4 is 10.6 Å². The van der Waals surface area contributed by atoms with Crippen LogP contribution in [0, 0.1) is 0 Å². The molecule has 6 heteroatoms. The Kier molecular flexibility index (Phi) is 6.11. The van der Waals surface area contributed by atoms with E-state index in [1.807, 2.05) is 42.5 Å². The zero-order chi connectivity index (χ0) is 17.3. The summed E-state index contributed by atoms with van der Waals surface area (Å²) < 4.78 is 16.5. The minimum atomic E-state index is 0.506. The monoisotopic (exact) mass is 341 g/mol. The lowest BCUT2D eigenvalue weighted by atomic mass is 10.2. The summed E-state index contributed by atoms with van der Waals surface area (Å²) in [5.74, 6) is 2.47. The summed E-state index contributed by atoms with van der Waals surface area (Å²) in [4.78, 5) is 4.21. The highest BCUT2D eigenvalue weighted by Gasteiger charge is 2.04. The molecule has 2 N–H and O–H groups in total. The first kappa shape index (κ1) is 17.1. The summed E-state index contributed by atoms with van der Waals surface area (Å²) in [5.41, 5.74) is 0.899. The molecule has 0 bridgehead atoms. The molecule has 0 radical (unpaired) electrons. The maximum absolute atomic E-state index is 5.78. The number of fused-ring (bicyclic) bond motifs is 1. The van der Waals surface area contributed by atoms with Crippen LogP contribution in [-0.2, 0) is 17.9 Å². The van der Waals surface area contributed by atoms with Crippen molar-refractivity contribution in [2.24, 2.45) is 4.99 Å². The third kappa shape index (κ3) is 5.12. The number of para-hydroxylation sites is 1. The molecule has 0 fully saturated rings. The first-order valence-electron chi connectivity index (χ1n) is 8.37. The third-order valence-electron chi connectivity index (χ3n) is 3.71. The van der Waals surface area contributed by atoms with Gasteiger partial charge in [0.2, 0.25) is 0 Å². The van der Waals surface area contributed by atoms with Crippen molar-refractivity contribution in [3.05, 3.63) is 60.2 Å². The minimum absolute atomic E-state index is 0.506. The maximum Gasteiger partial charge on any atom is 0.191 e. The molecule has 2 aromatic heterocycles. The Morgan fingerprint density at radius 2 is 2.04 bits per heavy atom. The Balaban J connectivity index is 1.33. The normalized spacial score (nSPS) is 11.8. The van der Waals surface area contributed by atoms with E-state index in [2.05, 4.69) is 15.6 Å². The fourth-order valence-corrected chi connectivity index (χ4v) is 2.46. The van der Waals surface area contributed by atoms with E-state index in [9.17, 15) is 0 Å². The second-order valence-electron chi connectivity index (χ2n) is 5.59. The molecule has 2 heterocycles. The van der Waals surface area contributed by atoms with Crippen LogP contribution in [0.3, 0.4) is 0 Å². The van der Waals surface area contributed by atoms with Gasteiger partial charge in [-0.1, -0.05) is 18.2 Å². The molecule has 0 aliphatic rings. The average molecular weight is 341 g/mol. The van der Waals surface area contributed by atoms with Crippen molar-refractivity contribution >= 4 is 16.9 Å². The number of benzene rings is 1. The van der Waals surface area contributed by atoms with Crippen LogP contribution in [0.4, 0.5) is 0 Å². The van der Waals surface area contributed by atoms with Crippen LogP contribution in [0.25, 0.3) is 11.0 Å². The summed E-state index contributed by atoms with van der Waals surface area (Å²) in [6.07, 6.45) is 2.53. The molecule has 1 aromatic carbocycles. The molecule has 6 nitrogen and oxygen atoms in total. The molecule has 25 heavy (non-hydrogen) atoms. The summed E-state index contributed by atoms with van der Waals surface area (Å²) in [5, 5.41) is 7.62. The van der Waals surface area contributed by atoms with Gasteiger partial charge in [0.1, 0.15) is 23.7 Å². The molecule has 0 saturated heterocycles. The Bertz CT molecular complexity index is 760. The highest BCUT2D eigenvalue weighted by molar-refractivity contribution is 5.80. The van der Waals surface area contributed by atoms with Crippen LogP contribution in [0.2, 0.25) is 0 Å². The molecule has 0 unspecified atom stereocenters. The lowest BCUT2D eigenvalue weighted by Crippen LogP contribution is -2.37. The van der Waals surface area contributed by atoms with Crippen LogP contribution in [0.15, 0.2) is 62.6 Å². The van der Waals surface area contributed by atoms with Gasteiger partial charge < -0.3 is 24.2 Å². The molecule has 0 aliphatic heterocycles. The van der Waals surface area contributed by atoms with E-state index in [-0.39, 0.29) is 0 Å². The number of rotatable bonds is 8. The van der Waals surface area contributed by atoms with E-state index >= 15 is 0 Å². The van der Waals surface area contributed by atoms with E-state index in [1.165, 1.54) is 0 Å². The Morgan fingerprint density at radius 3 is 2.84 bits per heavy atom. The van der Waals surface area contributed by atoms with E-state index < -0.39 is 0 Å². The van der Waals surface area contributed by atoms with E-state index in [0.29, 0.717) is 19.8 Å². The predicted octanol–water partition coefficient (Wildman–Crippen LogP) is 3.30. The number of nitrogens with one attached hydrogen (secondary N) is 2. The SMILES string of the molecule is CN=C(NCCCOCc1ccco1)NCc1cc2ccccc2o1. The van der Waals surface area contributed by atoms with Gasteiger partial charge in [-0.25, -0.2) is 0 Å². The molecule has 0 aliphatic carbocycles. The Morgan fingerprint density at radius 1 is 1.12 bits per heavy atom. The van der Waals surface area contributed by atoms with Crippen molar-refractivity contribution in [1.29, 1.82) is 0 Å². The highest BCUT2D eigenvalue weighted by atomic mass is 16.5. The van der Waals surface area contributed by atoms with Crippen molar-refractivity contribution < 1.29 is 13.6 Å². The second-order valence-corrected chi connectivity index (χ2v) is 5.59. The number of ether oxygens (including phenoxy) is 1. The molecule has 3 aromatic rings. The standard InChI is InChI=1S/C19H23N3O3/c1-20-19(21-9-5-10-23-14-16-7-4-11-24-16)22-13-17-12-15-6-2-3-8-18(15)25-17/h2-4,6-8,11-12H,5,9-10,13-14H2,1H3,(H2,20,21,22). The first-order chi connectivity index (χ1) is 12.3. The highest BCUT2D eigenvalue weighted by Crippen LogP contribution is 2.18. The van der Waals surface area contributed by atoms with Crippen LogP contribution in [-0.4, -0.2) is 26.2 Å². The number of aliphatic imine (C=N–C) groups is 1. The van der Waals surface area contributed by atoms with Gasteiger partial charge in [-0.2, -0.15) is 0 Å². The number of nitrogens with zero attached hydrogens (tertiary/aromatic N) is 1. The van der Waals surface area contributed by atoms with Crippen LogP contribution in [0.1, 0.15) is 17.9 Å². The lowest BCUT2D eigenvalue weighted by molar-refractivity contribution is 0.105. The summed E-state index contributed by atoms with van der Waals surface area (Å²) in [6, 6.07) is 13.8. The molecule has 3 rings (SSSR count). The molecular formula is C19H23N3O3. The number of hydrogen-bond donors (Lipinski definition) is 2. The number of guanidine groups is 1. The molecular weight excluding hydrogens is 318 g/mol. The van der Waals surface area contributed by atoms with Gasteiger partial charge in [-0.05, 0) is 30.7 Å². The lowest BCUT2D eigenvalue weighted by Gasteiger charge is -2.10. The van der Waals surface area contributed by atoms with Gasteiger partial charge in [0.15, 0.2) is 5.96 Å². The molecule has 0 atom stereocenters. The smallest absolute Gasteiger partial charge is 0.191 e. The minimum Gasteiger partial charge on any atom is -0.467 e. The van der Waals surface area contributed by atoms with Crippen molar-refractivity contribution in [2.45, 2.75) is 19.6 Å². The van der Waals surface area contributed by atoms with Gasteiger partial charge >= 0.3 is 0 Å². The molecule has 132 valence electrons. The third-order valence-corrected chi connectivity index (χ3v) is 3.71. The topological polar surface area (TPSA) is 71.9 Å². The van der Waals surface area contributed by atoms with E-state index in [4.69, 9.17) is 13.6 Å². The van der Waals surface area contributed by atoms with Gasteiger partial charge in [0.05, 0.1) is 12.8 Å². The first-order valence-corrected chi connectivity index (χ1v) is 8.37. The predicted molar refractivity (Wildman–Crippen MR) is 97.4 cm³/mol. The van der Waals surface area contributed by atoms with Crippen molar-refractivity contribution in [3.63, 3.8) is 0 Å². The van der Waals surface area contributed by atoms with Gasteiger partial charge in [-0.15, -0.1) is 0 Å². The van der Waals surface area contributed by atoms with E-state index in [0.717, 1.165) is 41.4 Å². The Hall–Kier alpha value is -2.73. The number of furan rings is 2. The summed E-state index contributed by atoms with van der Waals surface area (Å²) in [7, 11) is 1.75. The van der Waals surface area contributed by atoms with E-state index in [1.54, 1.807) is 13.3 Å². The van der Waals surface area contributed by atoms with Gasteiger partial charge in [-0.3, -0.25) is 4.99 Å². The van der Waals surface area contributed by atoms with Crippen LogP contribution >= 0.6 is 0 Å². The largest absolute Gasteiger partial charge is 0.467 e. The van der Waals surface area contributed by atoms with Gasteiger partial charge in [0.25, 0.3) is 0 Å². The van der Waals surface area contributed by atoms with Gasteiger partial charge in [0, 0.05) is 25.6 Å². The quantitative estimate of drug-likeness (QED) is 0.374. The zero-order valence-electron chi connectivity index (χ0n) is 14.3. The fourth-order valence-electron chi connectivity index (χ4n) is 2.46. The summed E-state index contributed by atoms with van der Waals surface area (Å²) in [6.45, 7) is 2.53. The van der Waals surface area contributed by atoms with Crippen molar-refractivity contribution in [2.75, 3.05) is 20.2 Å². The van der Waals surface area contributed by atoms with Crippen molar-refractivity contribution in [1.82, 2.24) is 10.6 Å². The zero-order valence-corrected chi connectivity index (χ0v) is 14.3. The molecule has 0 amide bonds. The molecule has 0 spiro atoms. The number of hydrogen-bond acceptors (Lipinski definition) is 4. The average Bonchev–Trinajstić information content (AvgIpc) is 3.29. The second kappa shape index (κ2) is 8.94. The van der Waals surface area contributed by atoms with Crippen LogP contribution in [0.5, 0.6) is 0 Å². The Labute approximate surface area is 146 Å². The maximum atomic E-state index is 5.78. The van der Waals surface area contributed by atoms with Crippen molar-refractivity contribution in [3.8, 4) is 0 Å². The fraction of sp³-hybridized carbons (Fsp3) is 0.316. The molecule has 0 saturated carbocycles.